The van der Waals surface area contributed by atoms with Crippen molar-refractivity contribution in [1.82, 2.24) is 24.8 Å². The molecule has 12 heteroatoms. The molecular weight excluding hydrogens is 537 g/mol. The fourth-order valence-corrected chi connectivity index (χ4v) is 4.88. The Hall–Kier alpha value is -4.45. The summed E-state index contributed by atoms with van der Waals surface area (Å²) >= 11 is 0. The van der Waals surface area contributed by atoms with Gasteiger partial charge in [0, 0.05) is 29.9 Å². The highest BCUT2D eigenvalue weighted by molar-refractivity contribution is 5.90. The molecule has 41 heavy (non-hydrogen) atoms. The number of hydrogen-bond donors (Lipinski definition) is 3. The van der Waals surface area contributed by atoms with Crippen LogP contribution in [-0.2, 0) is 4.79 Å². The Balaban J connectivity index is 1.29. The minimum atomic E-state index is -4.50. The maximum atomic E-state index is 12.9. The van der Waals surface area contributed by atoms with E-state index in [-0.39, 0.29) is 11.8 Å². The van der Waals surface area contributed by atoms with Crippen LogP contribution >= 0.6 is 0 Å². The highest BCUT2D eigenvalue weighted by Crippen LogP contribution is 2.28. The number of urea groups is 1. The Kier molecular flexibility index (Phi) is 7.93. The number of carbonyl (C=O) groups excluding carboxylic acids is 2. The van der Waals surface area contributed by atoms with Gasteiger partial charge in [-0.05, 0) is 49.1 Å². The topological polar surface area (TPSA) is 112 Å². The number of fused-ring (bicyclic) bond motifs is 1. The molecule has 2 aromatic heterocycles. The lowest BCUT2D eigenvalue weighted by atomic mass is 9.96. The smallest absolute Gasteiger partial charge is 0.391 e. The van der Waals surface area contributed by atoms with Crippen LogP contribution in [0.3, 0.4) is 0 Å². The van der Waals surface area contributed by atoms with Gasteiger partial charge in [0.2, 0.25) is 5.91 Å². The number of alkyl halides is 3. The Labute approximate surface area is 234 Å². The van der Waals surface area contributed by atoms with E-state index in [0.29, 0.717) is 35.7 Å². The number of amides is 3. The number of rotatable bonds is 6. The summed E-state index contributed by atoms with van der Waals surface area (Å²) in [6, 6.07) is 15.3. The van der Waals surface area contributed by atoms with Crippen molar-refractivity contribution < 1.29 is 27.9 Å². The second-order valence-electron chi connectivity index (χ2n) is 10.1. The molecule has 1 fully saturated rings. The summed E-state index contributed by atoms with van der Waals surface area (Å²) < 4.78 is 38.7. The normalized spacial score (nSPS) is 16.4. The Morgan fingerprint density at radius 1 is 1.07 bits per heavy atom. The van der Waals surface area contributed by atoms with Crippen LogP contribution in [0.15, 0.2) is 67.0 Å². The van der Waals surface area contributed by atoms with Crippen molar-refractivity contribution in [2.24, 2.45) is 0 Å². The number of aromatic nitrogens is 3. The molecule has 3 N–H and O–H groups in total. The number of nitrogens with one attached hydrogen (secondary N) is 2. The van der Waals surface area contributed by atoms with Crippen LogP contribution in [0.5, 0.6) is 0 Å². The maximum Gasteiger partial charge on any atom is 0.405 e. The first-order valence-corrected chi connectivity index (χ1v) is 13.2. The second kappa shape index (κ2) is 11.6. The van der Waals surface area contributed by atoms with Gasteiger partial charge >= 0.3 is 12.2 Å². The fourth-order valence-electron chi connectivity index (χ4n) is 4.88. The number of aliphatic hydroxyl groups excluding tert-OH is 1. The largest absolute Gasteiger partial charge is 0.405 e. The van der Waals surface area contributed by atoms with E-state index < -0.39 is 24.9 Å². The highest BCUT2D eigenvalue weighted by Gasteiger charge is 2.28. The summed E-state index contributed by atoms with van der Waals surface area (Å²) in [6.45, 7) is 1.48. The van der Waals surface area contributed by atoms with E-state index in [4.69, 9.17) is 0 Å². The number of carbonyl (C=O) groups is 2. The van der Waals surface area contributed by atoms with Crippen LogP contribution < -0.4 is 10.6 Å². The monoisotopic (exact) mass is 566 g/mol. The quantitative estimate of drug-likeness (QED) is 0.310. The molecule has 0 aliphatic carbocycles. The number of aliphatic hydroxyl groups is 1. The average molecular weight is 567 g/mol. The zero-order valence-electron chi connectivity index (χ0n) is 22.2. The number of benzene rings is 2. The standard InChI is InChI=1S/C29H29F3N6O3/c1-18(27(40)37-11-3-6-24(39)16-37)19-7-9-20(10-8-19)22-13-26-33-15-25(38(26)35-14-22)21-4-2-5-23(12-21)36-28(41)34-17-29(30,31)32/h2,4-5,7-10,12-15,18,24,39H,3,6,11,16-17H2,1H3,(H2,34,36,41). The summed E-state index contributed by atoms with van der Waals surface area (Å²) in [5.41, 5.74) is 4.81. The van der Waals surface area contributed by atoms with Crippen LogP contribution in [0.25, 0.3) is 28.0 Å². The number of halogens is 3. The molecule has 0 radical (unpaired) electrons. The molecule has 1 saturated heterocycles. The van der Waals surface area contributed by atoms with E-state index in [9.17, 15) is 27.9 Å². The number of nitrogens with zero attached hydrogens (tertiary/aromatic N) is 4. The van der Waals surface area contributed by atoms with Gasteiger partial charge in [-0.15, -0.1) is 0 Å². The van der Waals surface area contributed by atoms with Crippen LogP contribution in [-0.4, -0.2) is 68.5 Å². The predicted molar refractivity (Wildman–Crippen MR) is 147 cm³/mol. The molecule has 5 rings (SSSR count). The fraction of sp³-hybridized carbons (Fsp3) is 0.310. The number of imidazole rings is 1. The molecule has 214 valence electrons. The second-order valence-corrected chi connectivity index (χ2v) is 10.1. The van der Waals surface area contributed by atoms with Crippen LogP contribution in [0, 0.1) is 0 Å². The van der Waals surface area contributed by atoms with E-state index in [1.165, 1.54) is 0 Å². The maximum absolute atomic E-state index is 12.9. The third kappa shape index (κ3) is 6.65. The van der Waals surface area contributed by atoms with Crippen LogP contribution in [0.2, 0.25) is 0 Å². The third-order valence-corrected chi connectivity index (χ3v) is 7.05. The molecule has 0 bridgehead atoms. The summed E-state index contributed by atoms with van der Waals surface area (Å²) in [7, 11) is 0. The number of β-amino-alcohol motifs (C(OH)–C–C–N with tert-alkyl or cyclic N) is 1. The van der Waals surface area contributed by atoms with Gasteiger partial charge in [-0.2, -0.15) is 18.3 Å². The minimum Gasteiger partial charge on any atom is -0.391 e. The van der Waals surface area contributed by atoms with Crippen LogP contribution in [0.1, 0.15) is 31.2 Å². The number of piperidine rings is 1. The number of hydrogen-bond acceptors (Lipinski definition) is 5. The van der Waals surface area contributed by atoms with Crippen molar-refractivity contribution >= 4 is 23.3 Å². The SMILES string of the molecule is CC(C(=O)N1CCCC(O)C1)c1ccc(-c2cnn3c(-c4cccc(NC(=O)NCC(F)(F)F)c4)cnc3c2)cc1. The Bertz CT molecular complexity index is 1550. The molecule has 3 amide bonds. The third-order valence-electron chi connectivity index (χ3n) is 7.05. The van der Waals surface area contributed by atoms with Crippen molar-refractivity contribution in [1.29, 1.82) is 0 Å². The Morgan fingerprint density at radius 2 is 1.85 bits per heavy atom. The van der Waals surface area contributed by atoms with E-state index >= 15 is 0 Å². The van der Waals surface area contributed by atoms with Crippen molar-refractivity contribution in [3.63, 3.8) is 0 Å². The highest BCUT2D eigenvalue weighted by atomic mass is 19.4. The molecule has 0 saturated carbocycles. The van der Waals surface area contributed by atoms with Gasteiger partial charge in [0.05, 0.1) is 30.1 Å². The first-order chi connectivity index (χ1) is 19.6. The lowest BCUT2D eigenvalue weighted by Crippen LogP contribution is -2.43. The van der Waals surface area contributed by atoms with Crippen molar-refractivity contribution in [2.75, 3.05) is 25.0 Å². The summed E-state index contributed by atoms with van der Waals surface area (Å²) in [6.07, 6.45) is -0.120. The van der Waals surface area contributed by atoms with E-state index in [1.54, 1.807) is 51.4 Å². The zero-order chi connectivity index (χ0) is 29.1. The molecule has 1 aliphatic rings. The number of anilines is 1. The average Bonchev–Trinajstić information content (AvgIpc) is 3.39. The van der Waals surface area contributed by atoms with Gasteiger partial charge < -0.3 is 20.6 Å². The Morgan fingerprint density at radius 3 is 2.59 bits per heavy atom. The summed E-state index contributed by atoms with van der Waals surface area (Å²) in [5.74, 6) is -0.323. The van der Waals surface area contributed by atoms with Crippen molar-refractivity contribution in [3.05, 3.63) is 72.6 Å². The molecule has 4 aromatic rings. The molecule has 2 atom stereocenters. The van der Waals surface area contributed by atoms with Gasteiger partial charge in [0.15, 0.2) is 5.65 Å². The van der Waals surface area contributed by atoms with Crippen molar-refractivity contribution in [2.45, 2.75) is 38.0 Å². The lowest BCUT2D eigenvalue weighted by molar-refractivity contribution is -0.135. The minimum absolute atomic E-state index is 0.00528. The van der Waals surface area contributed by atoms with Crippen molar-refractivity contribution in [3.8, 4) is 22.4 Å². The van der Waals surface area contributed by atoms with E-state index in [2.05, 4.69) is 15.4 Å². The van der Waals surface area contributed by atoms with E-state index in [1.807, 2.05) is 37.3 Å². The zero-order valence-corrected chi connectivity index (χ0v) is 22.2. The van der Waals surface area contributed by atoms with Crippen LogP contribution in [0.4, 0.5) is 23.7 Å². The van der Waals surface area contributed by atoms with E-state index in [0.717, 1.165) is 29.5 Å². The molecule has 2 aromatic carbocycles. The van der Waals surface area contributed by atoms with Gasteiger partial charge in [-0.1, -0.05) is 36.4 Å². The number of likely N-dealkylation sites (tertiary alicyclic amines) is 1. The molecular formula is C29H29F3N6O3. The van der Waals surface area contributed by atoms with Gasteiger partial charge in [-0.25, -0.2) is 14.3 Å². The molecule has 0 spiro atoms. The molecule has 9 nitrogen and oxygen atoms in total. The lowest BCUT2D eigenvalue weighted by Gasteiger charge is -2.32. The van der Waals surface area contributed by atoms with Gasteiger partial charge in [0.1, 0.15) is 6.54 Å². The molecule has 3 heterocycles. The summed E-state index contributed by atoms with van der Waals surface area (Å²) in [4.78, 5) is 31.0. The van der Waals surface area contributed by atoms with Gasteiger partial charge in [0.25, 0.3) is 0 Å². The predicted octanol–water partition coefficient (Wildman–Crippen LogP) is 4.83. The molecule has 2 unspecified atom stereocenters. The molecule has 1 aliphatic heterocycles. The van der Waals surface area contributed by atoms with Gasteiger partial charge in [-0.3, -0.25) is 4.79 Å². The summed E-state index contributed by atoms with van der Waals surface area (Å²) in [5, 5.41) is 18.6. The first-order valence-electron chi connectivity index (χ1n) is 13.2. The first kappa shape index (κ1) is 28.1.